The Morgan fingerprint density at radius 2 is 1.90 bits per heavy atom. The first-order valence-electron chi connectivity index (χ1n) is 10.3. The van der Waals surface area contributed by atoms with E-state index in [0.717, 1.165) is 51.9 Å². The number of ether oxygens (including phenoxy) is 1. The first-order chi connectivity index (χ1) is 15.2. The predicted molar refractivity (Wildman–Crippen MR) is 119 cm³/mol. The Hall–Kier alpha value is -3.64. The van der Waals surface area contributed by atoms with Crippen LogP contribution in [-0.4, -0.2) is 22.6 Å². The van der Waals surface area contributed by atoms with Crippen molar-refractivity contribution in [2.45, 2.75) is 12.6 Å². The summed E-state index contributed by atoms with van der Waals surface area (Å²) in [5, 5.41) is 3.21. The summed E-state index contributed by atoms with van der Waals surface area (Å²) >= 11 is 0. The number of fused-ring (bicyclic) bond motifs is 3. The fraction of sp³-hybridized carbons (Fsp3) is 0.160. The standard InChI is InChI=1S/C25H20FN3O2/c26-17-6-7-20-21(19-4-2-1-3-16(19)14-31-24(20)11-17)9-15-5-8-23-22(10-15)28-25(30)29(23)18-12-27-13-18/h1-11,18,27H,12-14H2,(H,28,30)/b21-9+. The van der Waals surface area contributed by atoms with Gasteiger partial charge in [-0.2, -0.15) is 0 Å². The molecule has 5 nitrogen and oxygen atoms in total. The number of hydrogen-bond donors (Lipinski definition) is 2. The number of hydrogen-bond acceptors (Lipinski definition) is 3. The summed E-state index contributed by atoms with van der Waals surface area (Å²) in [5.74, 6) is 0.204. The number of rotatable bonds is 2. The molecule has 3 heterocycles. The zero-order valence-corrected chi connectivity index (χ0v) is 16.7. The van der Waals surface area contributed by atoms with Crippen LogP contribution in [0.2, 0.25) is 0 Å². The zero-order valence-electron chi connectivity index (χ0n) is 16.7. The van der Waals surface area contributed by atoms with Gasteiger partial charge in [-0.25, -0.2) is 9.18 Å². The Morgan fingerprint density at radius 1 is 1.03 bits per heavy atom. The number of imidazole rings is 1. The Bertz CT molecular complexity index is 1410. The van der Waals surface area contributed by atoms with Crippen molar-refractivity contribution in [1.82, 2.24) is 14.9 Å². The van der Waals surface area contributed by atoms with Crippen molar-refractivity contribution in [2.24, 2.45) is 0 Å². The summed E-state index contributed by atoms with van der Waals surface area (Å²) in [6.07, 6.45) is 2.07. The van der Waals surface area contributed by atoms with Crippen LogP contribution in [0.3, 0.4) is 0 Å². The van der Waals surface area contributed by atoms with Crippen molar-refractivity contribution >= 4 is 22.7 Å². The smallest absolute Gasteiger partial charge is 0.326 e. The number of benzene rings is 3. The fourth-order valence-electron chi connectivity index (χ4n) is 4.43. The number of halogens is 1. The molecule has 31 heavy (non-hydrogen) atoms. The molecule has 2 aliphatic rings. The van der Waals surface area contributed by atoms with Crippen LogP contribution in [0.4, 0.5) is 4.39 Å². The molecule has 0 radical (unpaired) electrons. The summed E-state index contributed by atoms with van der Waals surface area (Å²) in [7, 11) is 0. The molecule has 154 valence electrons. The van der Waals surface area contributed by atoms with Crippen LogP contribution < -0.4 is 15.7 Å². The molecule has 0 aliphatic carbocycles. The molecule has 0 amide bonds. The molecule has 4 aromatic rings. The molecule has 0 saturated carbocycles. The Morgan fingerprint density at radius 3 is 2.74 bits per heavy atom. The first kappa shape index (κ1) is 18.2. The maximum absolute atomic E-state index is 13.9. The first-order valence-corrected chi connectivity index (χ1v) is 10.3. The second kappa shape index (κ2) is 6.96. The predicted octanol–water partition coefficient (Wildman–Crippen LogP) is 4.09. The van der Waals surface area contributed by atoms with Crippen LogP contribution in [0.1, 0.15) is 28.3 Å². The third kappa shape index (κ3) is 2.99. The van der Waals surface area contributed by atoms with E-state index in [1.165, 1.54) is 12.1 Å². The Labute approximate surface area is 177 Å². The zero-order chi connectivity index (χ0) is 20.9. The topological polar surface area (TPSA) is 59.1 Å². The molecule has 2 aliphatic heterocycles. The van der Waals surface area contributed by atoms with E-state index in [2.05, 4.69) is 22.4 Å². The van der Waals surface area contributed by atoms with E-state index >= 15 is 0 Å². The second-order valence-electron chi connectivity index (χ2n) is 8.03. The number of H-pyrrole nitrogens is 1. The van der Waals surface area contributed by atoms with Gasteiger partial charge in [0, 0.05) is 24.7 Å². The molecular formula is C25H20FN3O2. The number of aromatic amines is 1. The summed E-state index contributed by atoms with van der Waals surface area (Å²) in [6.45, 7) is 2.00. The molecule has 0 bridgehead atoms. The van der Waals surface area contributed by atoms with Gasteiger partial charge in [-0.15, -0.1) is 0 Å². The van der Waals surface area contributed by atoms with E-state index in [4.69, 9.17) is 4.74 Å². The highest BCUT2D eigenvalue weighted by Gasteiger charge is 2.23. The van der Waals surface area contributed by atoms with Gasteiger partial charge in [0.2, 0.25) is 0 Å². The number of nitrogens with one attached hydrogen (secondary N) is 2. The summed E-state index contributed by atoms with van der Waals surface area (Å²) in [6, 6.07) is 18.9. The van der Waals surface area contributed by atoms with Gasteiger partial charge in [-0.3, -0.25) is 4.57 Å². The maximum Gasteiger partial charge on any atom is 0.326 e. The lowest BCUT2D eigenvalue weighted by Gasteiger charge is -2.28. The highest BCUT2D eigenvalue weighted by molar-refractivity contribution is 5.95. The monoisotopic (exact) mass is 413 g/mol. The minimum absolute atomic E-state index is 0.0830. The molecule has 2 N–H and O–H groups in total. The summed E-state index contributed by atoms with van der Waals surface area (Å²) in [4.78, 5) is 15.5. The van der Waals surface area contributed by atoms with E-state index in [-0.39, 0.29) is 17.5 Å². The van der Waals surface area contributed by atoms with Crippen LogP contribution in [0.25, 0.3) is 22.7 Å². The van der Waals surface area contributed by atoms with E-state index in [0.29, 0.717) is 12.4 Å². The van der Waals surface area contributed by atoms with Gasteiger partial charge in [0.05, 0.1) is 17.1 Å². The molecule has 6 rings (SSSR count). The minimum atomic E-state index is -0.324. The van der Waals surface area contributed by atoms with Gasteiger partial charge < -0.3 is 15.0 Å². The van der Waals surface area contributed by atoms with Crippen LogP contribution in [0.15, 0.2) is 65.5 Å². The quantitative estimate of drug-likeness (QED) is 0.520. The number of aromatic nitrogens is 2. The number of nitrogens with zero attached hydrogens (tertiary/aromatic N) is 1. The van der Waals surface area contributed by atoms with E-state index < -0.39 is 0 Å². The SMILES string of the molecule is O=c1[nH]c2cc(/C=C3\c4ccccc4COc4cc(F)ccc43)ccc2n1C1CNC1. The van der Waals surface area contributed by atoms with E-state index in [9.17, 15) is 9.18 Å². The molecule has 1 fully saturated rings. The van der Waals surface area contributed by atoms with Crippen LogP contribution in [-0.2, 0) is 6.61 Å². The van der Waals surface area contributed by atoms with Gasteiger partial charge in [0.15, 0.2) is 0 Å². The van der Waals surface area contributed by atoms with Crippen molar-refractivity contribution in [3.05, 3.63) is 99.2 Å². The van der Waals surface area contributed by atoms with Crippen molar-refractivity contribution in [3.8, 4) is 5.75 Å². The average molecular weight is 413 g/mol. The molecule has 3 aromatic carbocycles. The largest absolute Gasteiger partial charge is 0.488 e. The van der Waals surface area contributed by atoms with Crippen molar-refractivity contribution < 1.29 is 9.13 Å². The molecule has 1 saturated heterocycles. The van der Waals surface area contributed by atoms with Gasteiger partial charge in [-0.05, 0) is 52.6 Å². The third-order valence-corrected chi connectivity index (χ3v) is 6.10. The highest BCUT2D eigenvalue weighted by atomic mass is 19.1. The average Bonchev–Trinajstić information content (AvgIpc) is 2.96. The van der Waals surface area contributed by atoms with Crippen LogP contribution in [0, 0.1) is 5.82 Å². The lowest BCUT2D eigenvalue weighted by molar-refractivity contribution is 0.305. The van der Waals surface area contributed by atoms with Gasteiger partial charge in [-0.1, -0.05) is 30.3 Å². The molecule has 0 spiro atoms. The normalized spacial score (nSPS) is 17.0. The molecule has 0 atom stereocenters. The molecular weight excluding hydrogens is 393 g/mol. The fourth-order valence-corrected chi connectivity index (χ4v) is 4.43. The molecule has 1 aromatic heterocycles. The third-order valence-electron chi connectivity index (χ3n) is 6.10. The van der Waals surface area contributed by atoms with Crippen LogP contribution >= 0.6 is 0 Å². The molecule has 0 unspecified atom stereocenters. The molecule has 6 heteroatoms. The second-order valence-corrected chi connectivity index (χ2v) is 8.03. The van der Waals surface area contributed by atoms with Gasteiger partial charge >= 0.3 is 5.69 Å². The Balaban J connectivity index is 1.53. The van der Waals surface area contributed by atoms with Gasteiger partial charge in [0.25, 0.3) is 0 Å². The maximum atomic E-state index is 13.9. The lowest BCUT2D eigenvalue weighted by atomic mass is 9.92. The van der Waals surface area contributed by atoms with E-state index in [1.54, 1.807) is 6.07 Å². The summed E-state index contributed by atoms with van der Waals surface area (Å²) < 4.78 is 21.6. The van der Waals surface area contributed by atoms with Crippen molar-refractivity contribution in [1.29, 1.82) is 0 Å². The lowest BCUT2D eigenvalue weighted by Crippen LogP contribution is -2.46. The van der Waals surface area contributed by atoms with Crippen LogP contribution in [0.5, 0.6) is 5.75 Å². The summed E-state index contributed by atoms with van der Waals surface area (Å²) in [5.41, 5.74) is 6.50. The highest BCUT2D eigenvalue weighted by Crippen LogP contribution is 2.38. The Kier molecular flexibility index (Phi) is 4.07. The van der Waals surface area contributed by atoms with Crippen molar-refractivity contribution in [3.63, 3.8) is 0 Å². The minimum Gasteiger partial charge on any atom is -0.488 e. The van der Waals surface area contributed by atoms with Crippen molar-refractivity contribution in [2.75, 3.05) is 13.1 Å². The van der Waals surface area contributed by atoms with E-state index in [1.807, 2.05) is 41.0 Å². The van der Waals surface area contributed by atoms with Gasteiger partial charge in [0.1, 0.15) is 18.2 Å².